The zero-order chi connectivity index (χ0) is 37.8. The van der Waals surface area contributed by atoms with Crippen LogP contribution in [0.5, 0.6) is 5.75 Å². The zero-order valence-corrected chi connectivity index (χ0v) is 30.9. The molecular formula is C36H57N7O8. The molecule has 0 saturated carbocycles. The van der Waals surface area contributed by atoms with Gasteiger partial charge in [0, 0.05) is 40.4 Å². The van der Waals surface area contributed by atoms with Gasteiger partial charge >= 0.3 is 12.1 Å². The number of aliphatic hydroxyl groups is 1. The third-order valence-electron chi connectivity index (χ3n) is 7.95. The van der Waals surface area contributed by atoms with Crippen molar-refractivity contribution in [2.75, 3.05) is 54.2 Å². The molecule has 15 nitrogen and oxygen atoms in total. The fourth-order valence-corrected chi connectivity index (χ4v) is 5.09. The summed E-state index contributed by atoms with van der Waals surface area (Å²) in [6, 6.07) is 13.0. The Morgan fingerprint density at radius 2 is 1.24 bits per heavy atom. The number of ether oxygens (including phenoxy) is 3. The van der Waals surface area contributed by atoms with E-state index in [1.807, 2.05) is 70.2 Å². The normalized spacial score (nSPS) is 13.5. The molecule has 2 aromatic carbocycles. The maximum Gasteiger partial charge on any atom is 0.315 e. The number of carbonyl (C=O) groups is 4. The van der Waals surface area contributed by atoms with Crippen molar-refractivity contribution < 1.29 is 38.5 Å². The van der Waals surface area contributed by atoms with E-state index in [0.717, 1.165) is 11.1 Å². The molecule has 6 amide bonds. The summed E-state index contributed by atoms with van der Waals surface area (Å²) in [4.78, 5) is 52.5. The highest BCUT2D eigenvalue weighted by molar-refractivity contribution is 5.88. The van der Waals surface area contributed by atoms with Crippen LogP contribution in [0.4, 0.5) is 9.59 Å². The number of nitrogens with zero attached hydrogens (tertiary/aromatic N) is 1. The number of hydrazine groups is 1. The predicted molar refractivity (Wildman–Crippen MR) is 194 cm³/mol. The molecule has 2 rings (SSSR count). The minimum atomic E-state index is -1.20. The standard InChI is InChI=1S/C36H57N7O8/c1-24(2)31(40-35(47)37-17-19-49-5)33(45)39-29(21-26-11-9-8-10-12-26)30(44)23-43(22-27-13-15-28(51-7)16-14-27)42-34(46)32(25(3)4)41-36(48)38-18-20-50-6/h8-16,24-25,29-32,44H,17-23H2,1-7H3,(H,39,45)(H,42,46)(H2,37,40,47)(H2,38,41,48)/t29?,30?,31-,32-/m0/s1. The number of rotatable bonds is 22. The highest BCUT2D eigenvalue weighted by atomic mass is 16.5. The summed E-state index contributed by atoms with van der Waals surface area (Å²) in [6.07, 6.45) is -0.931. The fourth-order valence-electron chi connectivity index (χ4n) is 5.09. The molecule has 0 aliphatic carbocycles. The van der Waals surface area contributed by atoms with Crippen molar-refractivity contribution in [2.45, 2.75) is 64.9 Å². The third-order valence-corrected chi connectivity index (χ3v) is 7.95. The van der Waals surface area contributed by atoms with Crippen molar-refractivity contribution in [3.63, 3.8) is 0 Å². The van der Waals surface area contributed by atoms with Crippen molar-refractivity contribution >= 4 is 23.9 Å². The fraction of sp³-hybridized carbons (Fsp3) is 0.556. The number of urea groups is 2. The first-order valence-corrected chi connectivity index (χ1v) is 17.2. The van der Waals surface area contributed by atoms with Gasteiger partial charge in [0.05, 0.1) is 32.5 Å². The number of hydrogen-bond acceptors (Lipinski definition) is 9. The Labute approximate surface area is 301 Å². The van der Waals surface area contributed by atoms with E-state index in [2.05, 4.69) is 32.0 Å². The lowest BCUT2D eigenvalue weighted by atomic mass is 9.98. The number of nitrogens with one attached hydrogen (secondary N) is 6. The summed E-state index contributed by atoms with van der Waals surface area (Å²) in [5.74, 6) is -0.848. The zero-order valence-electron chi connectivity index (χ0n) is 30.9. The van der Waals surface area contributed by atoms with Gasteiger partial charge in [-0.05, 0) is 41.5 Å². The van der Waals surface area contributed by atoms with Gasteiger partial charge in [-0.25, -0.2) is 14.6 Å². The van der Waals surface area contributed by atoms with E-state index >= 15 is 0 Å². The van der Waals surface area contributed by atoms with E-state index in [-0.39, 0.29) is 44.4 Å². The number of hydrogen-bond donors (Lipinski definition) is 7. The lowest BCUT2D eigenvalue weighted by molar-refractivity contribution is -0.131. The summed E-state index contributed by atoms with van der Waals surface area (Å²) in [5.41, 5.74) is 4.56. The predicted octanol–water partition coefficient (Wildman–Crippen LogP) is 1.56. The minimum absolute atomic E-state index is 0.0995. The van der Waals surface area contributed by atoms with Gasteiger partial charge in [0.25, 0.3) is 5.91 Å². The van der Waals surface area contributed by atoms with Crippen LogP contribution in [0.25, 0.3) is 0 Å². The quantitative estimate of drug-likeness (QED) is 0.0701. The van der Waals surface area contributed by atoms with E-state index in [1.165, 1.54) is 14.2 Å². The monoisotopic (exact) mass is 715 g/mol. The van der Waals surface area contributed by atoms with E-state index in [1.54, 1.807) is 24.3 Å². The van der Waals surface area contributed by atoms with Crippen LogP contribution >= 0.6 is 0 Å². The largest absolute Gasteiger partial charge is 0.497 e. The molecule has 51 heavy (non-hydrogen) atoms. The first-order chi connectivity index (χ1) is 24.4. The highest BCUT2D eigenvalue weighted by Gasteiger charge is 2.32. The number of methoxy groups -OCH3 is 3. The van der Waals surface area contributed by atoms with Gasteiger partial charge in [0.2, 0.25) is 5.91 Å². The van der Waals surface area contributed by atoms with Crippen LogP contribution in [0.2, 0.25) is 0 Å². The van der Waals surface area contributed by atoms with Gasteiger partial charge < -0.3 is 45.9 Å². The van der Waals surface area contributed by atoms with E-state index in [9.17, 15) is 24.3 Å². The molecule has 0 aliphatic heterocycles. The Morgan fingerprint density at radius 3 is 1.73 bits per heavy atom. The van der Waals surface area contributed by atoms with Crippen LogP contribution in [0, 0.1) is 11.8 Å². The maximum atomic E-state index is 13.7. The number of carbonyl (C=O) groups excluding carboxylic acids is 4. The van der Waals surface area contributed by atoms with Crippen molar-refractivity contribution in [1.29, 1.82) is 0 Å². The lowest BCUT2D eigenvalue weighted by Crippen LogP contribution is -2.60. The van der Waals surface area contributed by atoms with Gasteiger partial charge in [-0.3, -0.25) is 15.0 Å². The number of amides is 6. The van der Waals surface area contributed by atoms with E-state index in [4.69, 9.17) is 14.2 Å². The minimum Gasteiger partial charge on any atom is -0.497 e. The average Bonchev–Trinajstić information content (AvgIpc) is 3.09. The summed E-state index contributed by atoms with van der Waals surface area (Å²) >= 11 is 0. The summed E-state index contributed by atoms with van der Waals surface area (Å²) in [6.45, 7) is 8.49. The molecular weight excluding hydrogens is 658 g/mol. The Bertz CT molecular complexity index is 1330. The Balaban J connectivity index is 2.35. The van der Waals surface area contributed by atoms with Crippen LogP contribution in [0.15, 0.2) is 54.6 Å². The van der Waals surface area contributed by atoms with Crippen LogP contribution in [0.3, 0.4) is 0 Å². The van der Waals surface area contributed by atoms with Crippen LogP contribution in [0.1, 0.15) is 38.8 Å². The van der Waals surface area contributed by atoms with Crippen LogP contribution in [-0.4, -0.2) is 112 Å². The smallest absolute Gasteiger partial charge is 0.315 e. The topological polar surface area (TPSA) is 192 Å². The molecule has 0 aliphatic rings. The molecule has 0 spiro atoms. The molecule has 0 radical (unpaired) electrons. The number of benzene rings is 2. The molecule has 7 N–H and O–H groups in total. The Morgan fingerprint density at radius 1 is 0.706 bits per heavy atom. The molecule has 0 heterocycles. The second-order valence-corrected chi connectivity index (χ2v) is 12.8. The van der Waals surface area contributed by atoms with E-state index < -0.39 is 48.1 Å². The Hall–Kier alpha value is -4.44. The molecule has 0 aromatic heterocycles. The molecule has 0 bridgehead atoms. The van der Waals surface area contributed by atoms with Crippen molar-refractivity contribution in [3.8, 4) is 5.75 Å². The van der Waals surface area contributed by atoms with Gasteiger partial charge in [0.1, 0.15) is 17.8 Å². The van der Waals surface area contributed by atoms with Gasteiger partial charge in [-0.1, -0.05) is 70.2 Å². The van der Waals surface area contributed by atoms with Crippen LogP contribution in [-0.2, 0) is 32.0 Å². The van der Waals surface area contributed by atoms with Gasteiger partial charge in [-0.15, -0.1) is 0 Å². The summed E-state index contributed by atoms with van der Waals surface area (Å²) in [7, 11) is 4.61. The van der Waals surface area contributed by atoms with Crippen LogP contribution < -0.4 is 36.7 Å². The van der Waals surface area contributed by atoms with Crippen molar-refractivity contribution in [2.24, 2.45) is 11.8 Å². The third kappa shape index (κ3) is 16.0. The van der Waals surface area contributed by atoms with Crippen molar-refractivity contribution in [1.82, 2.24) is 37.0 Å². The molecule has 0 fully saturated rings. The molecule has 15 heteroatoms. The highest BCUT2D eigenvalue weighted by Crippen LogP contribution is 2.15. The van der Waals surface area contributed by atoms with Gasteiger partial charge in [-0.2, -0.15) is 0 Å². The molecule has 0 saturated heterocycles. The molecule has 2 unspecified atom stereocenters. The van der Waals surface area contributed by atoms with Gasteiger partial charge in [0.15, 0.2) is 0 Å². The molecule has 2 aromatic rings. The Kier molecular flexibility index (Phi) is 19.4. The summed E-state index contributed by atoms with van der Waals surface area (Å²) in [5, 5.41) is 27.1. The van der Waals surface area contributed by atoms with Crippen molar-refractivity contribution in [3.05, 3.63) is 65.7 Å². The average molecular weight is 716 g/mol. The van der Waals surface area contributed by atoms with E-state index in [0.29, 0.717) is 19.0 Å². The molecule has 4 atom stereocenters. The molecule has 284 valence electrons. The maximum absolute atomic E-state index is 13.7. The second-order valence-electron chi connectivity index (χ2n) is 12.8. The second kappa shape index (κ2) is 23.1. The first-order valence-electron chi connectivity index (χ1n) is 17.2. The SMILES string of the molecule is COCCNC(=O)N[C@H](C(=O)NC(Cc1ccccc1)C(O)CN(Cc1ccc(OC)cc1)NC(=O)[C@@H](NC(=O)NCCOC)C(C)C)C(C)C. The first kappa shape index (κ1) is 42.7. The summed E-state index contributed by atoms with van der Waals surface area (Å²) < 4.78 is 15.3. The number of aliphatic hydroxyl groups excluding tert-OH is 1. The lowest BCUT2D eigenvalue weighted by Gasteiger charge is -2.33.